The summed E-state index contributed by atoms with van der Waals surface area (Å²) in [6.45, 7) is 1.51. The molecule has 1 fully saturated rings. The van der Waals surface area contributed by atoms with Crippen LogP contribution in [0.25, 0.3) is 0 Å². The van der Waals surface area contributed by atoms with E-state index in [0.29, 0.717) is 12.0 Å². The van der Waals surface area contributed by atoms with Gasteiger partial charge < -0.3 is 20.8 Å². The summed E-state index contributed by atoms with van der Waals surface area (Å²) in [5, 5.41) is 26.3. The summed E-state index contributed by atoms with van der Waals surface area (Å²) in [6, 6.07) is 10.4. The highest BCUT2D eigenvalue weighted by Gasteiger charge is 2.35. The molecular formula is C27H34F2N2O4. The molecule has 190 valence electrons. The lowest BCUT2D eigenvalue weighted by molar-refractivity contribution is -0.137. The maximum atomic E-state index is 13.7. The van der Waals surface area contributed by atoms with Crippen LogP contribution >= 0.6 is 0 Å². The van der Waals surface area contributed by atoms with Crippen LogP contribution in [0, 0.1) is 11.6 Å². The lowest BCUT2D eigenvalue weighted by Gasteiger charge is -2.40. The zero-order chi connectivity index (χ0) is 25.4. The number of aryl methyl sites for hydroxylation is 1. The number of benzene rings is 2. The third-order valence-corrected chi connectivity index (χ3v) is 6.69. The number of rotatable bonds is 11. The Bertz CT molecular complexity index is 1000. The van der Waals surface area contributed by atoms with E-state index in [4.69, 9.17) is 5.11 Å². The van der Waals surface area contributed by atoms with Gasteiger partial charge in [-0.15, -0.1) is 0 Å². The summed E-state index contributed by atoms with van der Waals surface area (Å²) >= 11 is 0. The highest BCUT2D eigenvalue weighted by molar-refractivity contribution is 5.73. The smallest absolute Gasteiger partial charge is 0.303 e. The molecule has 1 aliphatic rings. The van der Waals surface area contributed by atoms with Crippen molar-refractivity contribution in [3.05, 3.63) is 70.8 Å². The number of aliphatic hydroxyl groups excluding tert-OH is 1. The van der Waals surface area contributed by atoms with Crippen molar-refractivity contribution >= 4 is 11.9 Å². The van der Waals surface area contributed by atoms with Crippen molar-refractivity contribution in [2.75, 3.05) is 6.54 Å². The summed E-state index contributed by atoms with van der Waals surface area (Å²) in [5.41, 5.74) is 1.96. The van der Waals surface area contributed by atoms with Gasteiger partial charge in [-0.1, -0.05) is 43.5 Å². The molecule has 2 aromatic rings. The molecule has 0 heterocycles. The van der Waals surface area contributed by atoms with Gasteiger partial charge in [0.25, 0.3) is 0 Å². The summed E-state index contributed by atoms with van der Waals surface area (Å²) in [5.74, 6) is -2.60. The van der Waals surface area contributed by atoms with Crippen molar-refractivity contribution in [2.24, 2.45) is 0 Å². The van der Waals surface area contributed by atoms with E-state index < -0.39 is 29.7 Å². The Morgan fingerprint density at radius 2 is 1.71 bits per heavy atom. The van der Waals surface area contributed by atoms with Crippen LogP contribution in [-0.2, 0) is 28.0 Å². The molecule has 0 saturated heterocycles. The van der Waals surface area contributed by atoms with Crippen LogP contribution in [0.4, 0.5) is 8.78 Å². The van der Waals surface area contributed by atoms with Gasteiger partial charge in [0, 0.05) is 31.5 Å². The van der Waals surface area contributed by atoms with E-state index in [1.165, 1.54) is 19.1 Å². The normalized spacial score (nSPS) is 16.9. The van der Waals surface area contributed by atoms with Crippen LogP contribution in [-0.4, -0.2) is 40.8 Å². The molecule has 0 aromatic heterocycles. The molecule has 2 aromatic carbocycles. The largest absolute Gasteiger partial charge is 0.481 e. The molecule has 0 spiro atoms. The fraction of sp³-hybridized carbons (Fsp3) is 0.481. The SMILES string of the molecule is CC(=O)N[C@@H](Cc1cc(F)cc(F)c1)[C@H](O)CNC1(c2cccc(CCC(=O)O)c2)CCCCC1. The highest BCUT2D eigenvalue weighted by Crippen LogP contribution is 2.37. The molecule has 4 N–H and O–H groups in total. The van der Waals surface area contributed by atoms with Crippen LogP contribution in [0.5, 0.6) is 0 Å². The molecule has 35 heavy (non-hydrogen) atoms. The quantitative estimate of drug-likeness (QED) is 0.385. The molecule has 8 heteroatoms. The number of nitrogens with one attached hydrogen (secondary N) is 2. The van der Waals surface area contributed by atoms with Gasteiger partial charge in [0.1, 0.15) is 11.6 Å². The van der Waals surface area contributed by atoms with Gasteiger partial charge in [-0.2, -0.15) is 0 Å². The van der Waals surface area contributed by atoms with Crippen molar-refractivity contribution < 1.29 is 28.6 Å². The molecular weight excluding hydrogens is 454 g/mol. The van der Waals surface area contributed by atoms with Gasteiger partial charge in [-0.05, 0) is 54.5 Å². The topological polar surface area (TPSA) is 98.7 Å². The first-order valence-corrected chi connectivity index (χ1v) is 12.1. The number of aliphatic hydroxyl groups is 1. The van der Waals surface area contributed by atoms with E-state index in [1.807, 2.05) is 24.3 Å². The minimum Gasteiger partial charge on any atom is -0.481 e. The number of carbonyl (C=O) groups is 2. The van der Waals surface area contributed by atoms with Gasteiger partial charge >= 0.3 is 5.97 Å². The molecule has 0 aliphatic heterocycles. The molecule has 3 rings (SSSR count). The first kappa shape index (κ1) is 26.8. The summed E-state index contributed by atoms with van der Waals surface area (Å²) in [4.78, 5) is 22.8. The molecule has 0 unspecified atom stereocenters. The van der Waals surface area contributed by atoms with E-state index in [2.05, 4.69) is 10.6 Å². The Morgan fingerprint density at radius 1 is 1.03 bits per heavy atom. The lowest BCUT2D eigenvalue weighted by atomic mass is 9.76. The van der Waals surface area contributed by atoms with Gasteiger partial charge in [-0.3, -0.25) is 9.59 Å². The predicted octanol–water partition coefficient (Wildman–Crippen LogP) is 3.84. The number of amides is 1. The minimum atomic E-state index is -1.00. The van der Waals surface area contributed by atoms with E-state index in [-0.39, 0.29) is 30.8 Å². The van der Waals surface area contributed by atoms with Crippen LogP contribution < -0.4 is 10.6 Å². The van der Waals surface area contributed by atoms with Gasteiger partial charge in [0.05, 0.1) is 12.1 Å². The zero-order valence-electron chi connectivity index (χ0n) is 20.0. The summed E-state index contributed by atoms with van der Waals surface area (Å²) in [6.07, 6.45) is 4.45. The van der Waals surface area contributed by atoms with E-state index in [0.717, 1.165) is 49.3 Å². The van der Waals surface area contributed by atoms with Crippen LogP contribution in [0.2, 0.25) is 0 Å². The molecule has 0 radical (unpaired) electrons. The molecule has 6 nitrogen and oxygen atoms in total. The monoisotopic (exact) mass is 488 g/mol. The number of hydrogen-bond donors (Lipinski definition) is 4. The Hall–Kier alpha value is -2.84. The fourth-order valence-electron chi connectivity index (χ4n) is 4.97. The van der Waals surface area contributed by atoms with E-state index in [1.54, 1.807) is 0 Å². The summed E-state index contributed by atoms with van der Waals surface area (Å²) < 4.78 is 27.3. The van der Waals surface area contributed by atoms with E-state index >= 15 is 0 Å². The Kier molecular flexibility index (Phi) is 9.34. The van der Waals surface area contributed by atoms with Crippen molar-refractivity contribution in [1.29, 1.82) is 0 Å². The fourth-order valence-corrected chi connectivity index (χ4v) is 4.97. The van der Waals surface area contributed by atoms with Crippen LogP contribution in [0.15, 0.2) is 42.5 Å². The van der Waals surface area contributed by atoms with Crippen LogP contribution in [0.1, 0.15) is 62.1 Å². The number of halogens is 2. The average molecular weight is 489 g/mol. The van der Waals surface area contributed by atoms with Crippen molar-refractivity contribution in [2.45, 2.75) is 76.0 Å². The predicted molar refractivity (Wildman–Crippen MR) is 129 cm³/mol. The Labute approximate surface area is 204 Å². The number of carboxylic acids is 1. The molecule has 0 bridgehead atoms. The van der Waals surface area contributed by atoms with Gasteiger partial charge in [0.15, 0.2) is 0 Å². The highest BCUT2D eigenvalue weighted by atomic mass is 19.1. The molecule has 1 amide bonds. The molecule has 1 saturated carbocycles. The third-order valence-electron chi connectivity index (χ3n) is 6.69. The second kappa shape index (κ2) is 12.2. The van der Waals surface area contributed by atoms with Crippen molar-refractivity contribution in [1.82, 2.24) is 10.6 Å². The Balaban J connectivity index is 1.77. The van der Waals surface area contributed by atoms with Crippen molar-refractivity contribution in [3.63, 3.8) is 0 Å². The molecule has 2 atom stereocenters. The first-order valence-electron chi connectivity index (χ1n) is 12.1. The maximum absolute atomic E-state index is 13.7. The third kappa shape index (κ3) is 7.83. The van der Waals surface area contributed by atoms with Crippen molar-refractivity contribution in [3.8, 4) is 0 Å². The maximum Gasteiger partial charge on any atom is 0.303 e. The summed E-state index contributed by atoms with van der Waals surface area (Å²) in [7, 11) is 0. The number of carboxylic acid groups (broad SMARTS) is 1. The standard InChI is InChI=1S/C27H34F2N2O4/c1-18(32)31-24(15-20-13-22(28)16-23(29)14-20)25(33)17-30-27(10-3-2-4-11-27)21-7-5-6-19(12-21)8-9-26(34)35/h5-7,12-14,16,24-25,30,33H,2-4,8-11,15,17H2,1H3,(H,31,32)(H,34,35)/t24-,25+/m0/s1. The number of aliphatic carboxylic acids is 1. The number of carbonyl (C=O) groups excluding carboxylic acids is 1. The van der Waals surface area contributed by atoms with Crippen LogP contribution in [0.3, 0.4) is 0 Å². The van der Waals surface area contributed by atoms with Gasteiger partial charge in [-0.25, -0.2) is 8.78 Å². The second-order valence-corrected chi connectivity index (χ2v) is 9.47. The average Bonchev–Trinajstić information content (AvgIpc) is 2.80. The Morgan fingerprint density at radius 3 is 2.34 bits per heavy atom. The number of hydrogen-bond acceptors (Lipinski definition) is 4. The first-order chi connectivity index (χ1) is 16.7. The lowest BCUT2D eigenvalue weighted by Crippen LogP contribution is -2.53. The van der Waals surface area contributed by atoms with E-state index in [9.17, 15) is 23.5 Å². The zero-order valence-corrected chi connectivity index (χ0v) is 20.0. The van der Waals surface area contributed by atoms with Gasteiger partial charge in [0.2, 0.25) is 5.91 Å². The minimum absolute atomic E-state index is 0.0572. The molecule has 1 aliphatic carbocycles. The second-order valence-electron chi connectivity index (χ2n) is 9.47.